The monoisotopic (exact) mass is 399 g/mol. The second-order valence-corrected chi connectivity index (χ2v) is 8.86. The van der Waals surface area contributed by atoms with E-state index in [1.54, 1.807) is 22.4 Å². The van der Waals surface area contributed by atoms with Crippen LogP contribution >= 0.6 is 11.3 Å². The molecule has 1 amide bonds. The zero-order valence-electron chi connectivity index (χ0n) is 13.9. The van der Waals surface area contributed by atoms with Crippen molar-refractivity contribution < 1.29 is 18.1 Å². The number of hydrogen-bond acceptors (Lipinski definition) is 7. The van der Waals surface area contributed by atoms with Crippen LogP contribution in [0.25, 0.3) is 0 Å². The van der Waals surface area contributed by atoms with E-state index in [0.717, 1.165) is 17.5 Å². The second kappa shape index (κ2) is 7.13. The van der Waals surface area contributed by atoms with Gasteiger partial charge in [-0.2, -0.15) is 9.40 Å². The van der Waals surface area contributed by atoms with Crippen LogP contribution < -0.4 is 0 Å². The number of nitro groups is 1. The highest BCUT2D eigenvalue weighted by Crippen LogP contribution is 2.22. The van der Waals surface area contributed by atoms with Gasteiger partial charge in [0.25, 0.3) is 10.0 Å². The van der Waals surface area contributed by atoms with Gasteiger partial charge < -0.3 is 4.90 Å². The van der Waals surface area contributed by atoms with Gasteiger partial charge >= 0.3 is 5.69 Å². The van der Waals surface area contributed by atoms with E-state index in [-0.39, 0.29) is 48.5 Å². The average Bonchev–Trinajstić information content (AvgIpc) is 3.26. The van der Waals surface area contributed by atoms with Gasteiger partial charge in [0.2, 0.25) is 5.91 Å². The fourth-order valence-corrected chi connectivity index (χ4v) is 5.29. The van der Waals surface area contributed by atoms with Crippen LogP contribution in [0.3, 0.4) is 0 Å². The lowest BCUT2D eigenvalue weighted by Gasteiger charge is -2.33. The third kappa shape index (κ3) is 3.48. The normalized spacial score (nSPS) is 16.0. The Morgan fingerprint density at radius 1 is 1.35 bits per heavy atom. The molecule has 140 valence electrons. The molecule has 1 fully saturated rings. The van der Waals surface area contributed by atoms with E-state index in [2.05, 4.69) is 5.10 Å². The average molecular weight is 399 g/mol. The Morgan fingerprint density at radius 2 is 2.04 bits per heavy atom. The molecule has 1 aliphatic rings. The largest absolute Gasteiger partial charge is 0.338 e. The van der Waals surface area contributed by atoms with Crippen molar-refractivity contribution in [2.24, 2.45) is 0 Å². The number of thiophene rings is 1. The van der Waals surface area contributed by atoms with Crippen LogP contribution in [0.4, 0.5) is 5.69 Å². The summed E-state index contributed by atoms with van der Waals surface area (Å²) in [6, 6.07) is 3.24. The molecule has 0 atom stereocenters. The summed E-state index contributed by atoms with van der Waals surface area (Å²) in [6.07, 6.45) is 1.12. The van der Waals surface area contributed by atoms with Crippen molar-refractivity contribution in [3.63, 3.8) is 0 Å². The zero-order chi connectivity index (χ0) is 18.9. The number of piperazine rings is 1. The molecule has 0 bridgehead atoms. The number of rotatable bonds is 5. The summed E-state index contributed by atoms with van der Waals surface area (Å²) in [5, 5.41) is 16.4. The van der Waals surface area contributed by atoms with Gasteiger partial charge in [-0.1, -0.05) is 6.07 Å². The first kappa shape index (κ1) is 18.5. The molecular formula is C14H17N5O5S2. The number of sulfonamides is 1. The van der Waals surface area contributed by atoms with Gasteiger partial charge in [0, 0.05) is 26.2 Å². The molecule has 0 saturated carbocycles. The number of hydrogen-bond donors (Lipinski definition) is 0. The lowest BCUT2D eigenvalue weighted by atomic mass is 10.3. The molecule has 2 aromatic heterocycles. The molecular weight excluding hydrogens is 382 g/mol. The molecule has 1 aliphatic heterocycles. The highest BCUT2D eigenvalue weighted by Gasteiger charge is 2.31. The molecule has 0 radical (unpaired) electrons. The lowest BCUT2D eigenvalue weighted by Crippen LogP contribution is -2.51. The Bertz CT molecular complexity index is 914. The smallest absolute Gasteiger partial charge is 0.309 e. The highest BCUT2D eigenvalue weighted by molar-refractivity contribution is 7.91. The van der Waals surface area contributed by atoms with E-state index in [1.807, 2.05) is 0 Å². The van der Waals surface area contributed by atoms with Crippen molar-refractivity contribution in [2.45, 2.75) is 17.7 Å². The van der Waals surface area contributed by atoms with Crippen LogP contribution in [-0.4, -0.2) is 64.4 Å². The second-order valence-electron chi connectivity index (χ2n) is 5.75. The Hall–Kier alpha value is -2.31. The van der Waals surface area contributed by atoms with E-state index in [1.165, 1.54) is 15.9 Å². The van der Waals surface area contributed by atoms with Crippen LogP contribution in [0.2, 0.25) is 0 Å². The maximum absolute atomic E-state index is 12.5. The molecule has 10 nitrogen and oxygen atoms in total. The van der Waals surface area contributed by atoms with Gasteiger partial charge in [-0.25, -0.2) is 8.42 Å². The van der Waals surface area contributed by atoms with Crippen LogP contribution in [0.5, 0.6) is 0 Å². The summed E-state index contributed by atoms with van der Waals surface area (Å²) in [5.41, 5.74) is 0.173. The van der Waals surface area contributed by atoms with Crippen LogP contribution in [0, 0.1) is 17.0 Å². The third-order valence-corrected chi connectivity index (χ3v) is 7.51. The van der Waals surface area contributed by atoms with Crippen molar-refractivity contribution in [3.8, 4) is 0 Å². The molecule has 3 heterocycles. The van der Waals surface area contributed by atoms with Crippen molar-refractivity contribution >= 4 is 33.0 Å². The maximum Gasteiger partial charge on any atom is 0.309 e. The molecule has 2 aromatic rings. The molecule has 1 saturated heterocycles. The maximum atomic E-state index is 12.5. The van der Waals surface area contributed by atoms with Gasteiger partial charge in [0.15, 0.2) is 0 Å². The molecule has 26 heavy (non-hydrogen) atoms. The minimum atomic E-state index is -3.52. The van der Waals surface area contributed by atoms with Gasteiger partial charge in [0.1, 0.15) is 22.6 Å². The molecule has 3 rings (SSSR count). The fourth-order valence-electron chi connectivity index (χ4n) is 2.72. The summed E-state index contributed by atoms with van der Waals surface area (Å²) in [7, 11) is -3.52. The summed E-state index contributed by atoms with van der Waals surface area (Å²) >= 11 is 1.16. The fraction of sp³-hybridized carbons (Fsp3) is 0.429. The van der Waals surface area contributed by atoms with E-state index in [9.17, 15) is 23.3 Å². The van der Waals surface area contributed by atoms with Crippen LogP contribution in [0.15, 0.2) is 27.9 Å². The predicted molar refractivity (Wildman–Crippen MR) is 93.3 cm³/mol. The first-order valence-electron chi connectivity index (χ1n) is 7.79. The molecule has 0 aliphatic carbocycles. The summed E-state index contributed by atoms with van der Waals surface area (Å²) in [5.74, 6) is -0.251. The zero-order valence-corrected chi connectivity index (χ0v) is 15.6. The summed E-state index contributed by atoms with van der Waals surface area (Å²) in [4.78, 5) is 24.3. The van der Waals surface area contributed by atoms with Crippen molar-refractivity contribution in [1.82, 2.24) is 19.0 Å². The van der Waals surface area contributed by atoms with E-state index in [0.29, 0.717) is 5.69 Å². The Morgan fingerprint density at radius 3 is 2.58 bits per heavy atom. The molecule has 0 spiro atoms. The predicted octanol–water partition coefficient (Wildman–Crippen LogP) is 0.694. The van der Waals surface area contributed by atoms with Crippen LogP contribution in [-0.2, 0) is 21.4 Å². The Balaban J connectivity index is 1.61. The quantitative estimate of drug-likeness (QED) is 0.539. The SMILES string of the molecule is Cc1c([N+](=O)[O-])cnn1CC(=O)N1CCN(S(=O)(=O)c2cccs2)CC1. The number of aromatic nitrogens is 2. The number of nitrogens with zero attached hydrogens (tertiary/aromatic N) is 5. The third-order valence-electron chi connectivity index (χ3n) is 4.24. The van der Waals surface area contributed by atoms with Gasteiger partial charge in [-0.3, -0.25) is 19.6 Å². The van der Waals surface area contributed by atoms with Gasteiger partial charge in [-0.05, 0) is 18.4 Å². The molecule has 0 N–H and O–H groups in total. The highest BCUT2D eigenvalue weighted by atomic mass is 32.2. The topological polar surface area (TPSA) is 119 Å². The van der Waals surface area contributed by atoms with Gasteiger partial charge in [0.05, 0.1) is 4.92 Å². The van der Waals surface area contributed by atoms with E-state index < -0.39 is 14.9 Å². The van der Waals surface area contributed by atoms with Crippen molar-refractivity contribution in [2.75, 3.05) is 26.2 Å². The van der Waals surface area contributed by atoms with E-state index in [4.69, 9.17) is 0 Å². The minimum absolute atomic E-state index is 0.114. The lowest BCUT2D eigenvalue weighted by molar-refractivity contribution is -0.385. The molecule has 0 unspecified atom stereocenters. The van der Waals surface area contributed by atoms with Crippen molar-refractivity contribution in [3.05, 3.63) is 39.5 Å². The Labute approximate surface area is 153 Å². The molecule has 0 aromatic carbocycles. The van der Waals surface area contributed by atoms with Crippen molar-refractivity contribution in [1.29, 1.82) is 0 Å². The first-order valence-corrected chi connectivity index (χ1v) is 10.1. The Kier molecular flexibility index (Phi) is 5.07. The summed E-state index contributed by atoms with van der Waals surface area (Å²) < 4.78 is 27.9. The minimum Gasteiger partial charge on any atom is -0.338 e. The van der Waals surface area contributed by atoms with E-state index >= 15 is 0 Å². The first-order chi connectivity index (χ1) is 12.3. The standard InChI is InChI=1S/C14H17N5O5S2/c1-11-12(19(21)22)9-15-18(11)10-13(20)16-4-6-17(7-5-16)26(23,24)14-3-2-8-25-14/h2-3,8-9H,4-7,10H2,1H3. The van der Waals surface area contributed by atoms with Crippen LogP contribution in [0.1, 0.15) is 5.69 Å². The number of amides is 1. The molecule has 12 heteroatoms. The number of carbonyl (C=O) groups is 1. The van der Waals surface area contributed by atoms with Gasteiger partial charge in [-0.15, -0.1) is 11.3 Å². The summed E-state index contributed by atoms with van der Waals surface area (Å²) in [6.45, 7) is 2.38. The number of carbonyl (C=O) groups excluding carboxylic acids is 1.